The lowest BCUT2D eigenvalue weighted by Gasteiger charge is -2.17. The fraction of sp³-hybridized carbons (Fsp3) is 0.364. The number of benzene rings is 1. The van der Waals surface area contributed by atoms with Crippen molar-refractivity contribution in [2.75, 3.05) is 7.11 Å². The molecule has 1 aromatic carbocycles. The third-order valence-electron chi connectivity index (χ3n) is 2.33. The van der Waals surface area contributed by atoms with Crippen LogP contribution in [0, 0.1) is 5.82 Å². The molecule has 2 N–H and O–H groups in total. The summed E-state index contributed by atoms with van der Waals surface area (Å²) in [6, 6.07) is 0.694. The number of nitrogens with two attached hydrogens (primary N) is 1. The minimum Gasteiger partial charge on any atom is -0.469 e. The minimum atomic E-state index is -4.66. The lowest BCUT2D eigenvalue weighted by Crippen LogP contribution is -2.21. The van der Waals surface area contributed by atoms with Gasteiger partial charge in [0.2, 0.25) is 0 Å². The van der Waals surface area contributed by atoms with E-state index in [4.69, 9.17) is 5.73 Å². The van der Waals surface area contributed by atoms with E-state index in [9.17, 15) is 22.4 Å². The van der Waals surface area contributed by atoms with Gasteiger partial charge in [-0.15, -0.1) is 0 Å². The molecule has 0 aliphatic rings. The highest BCUT2D eigenvalue weighted by Gasteiger charge is 2.35. The zero-order valence-electron chi connectivity index (χ0n) is 9.42. The average Bonchev–Trinajstić information content (AvgIpc) is 2.26. The predicted octanol–water partition coefficient (Wildman–Crippen LogP) is 2.41. The van der Waals surface area contributed by atoms with Crippen LogP contribution in [0.25, 0.3) is 0 Å². The van der Waals surface area contributed by atoms with E-state index in [-0.39, 0.29) is 0 Å². The highest BCUT2D eigenvalue weighted by Crippen LogP contribution is 2.35. The van der Waals surface area contributed by atoms with Crippen LogP contribution < -0.4 is 5.73 Å². The SMILES string of the molecule is COC(=O)C[C@@H](N)c1cc(F)ccc1C(F)(F)F. The maximum absolute atomic E-state index is 13.0. The second-order valence-corrected chi connectivity index (χ2v) is 3.62. The minimum absolute atomic E-state index is 0.455. The Labute approximate surface area is 101 Å². The number of carbonyl (C=O) groups excluding carboxylic acids is 1. The van der Waals surface area contributed by atoms with E-state index in [1.54, 1.807) is 0 Å². The molecule has 0 saturated heterocycles. The van der Waals surface area contributed by atoms with Crippen LogP contribution in [-0.2, 0) is 15.7 Å². The van der Waals surface area contributed by atoms with E-state index < -0.39 is 41.6 Å². The summed E-state index contributed by atoms with van der Waals surface area (Å²) in [5.74, 6) is -1.61. The summed E-state index contributed by atoms with van der Waals surface area (Å²) in [6.45, 7) is 0. The smallest absolute Gasteiger partial charge is 0.416 e. The Hall–Kier alpha value is -1.63. The van der Waals surface area contributed by atoms with Gasteiger partial charge in [-0.1, -0.05) is 0 Å². The molecule has 1 rings (SSSR count). The Morgan fingerprint density at radius 2 is 2.06 bits per heavy atom. The van der Waals surface area contributed by atoms with Crippen LogP contribution in [0.3, 0.4) is 0 Å². The molecule has 100 valence electrons. The molecule has 0 radical (unpaired) electrons. The number of methoxy groups -OCH3 is 1. The third-order valence-corrected chi connectivity index (χ3v) is 2.33. The Balaban J connectivity index is 3.13. The van der Waals surface area contributed by atoms with Crippen molar-refractivity contribution in [1.29, 1.82) is 0 Å². The largest absolute Gasteiger partial charge is 0.469 e. The van der Waals surface area contributed by atoms with Crippen LogP contribution in [0.4, 0.5) is 17.6 Å². The van der Waals surface area contributed by atoms with E-state index in [0.717, 1.165) is 7.11 Å². The summed E-state index contributed by atoms with van der Waals surface area (Å²) in [7, 11) is 1.09. The molecule has 0 aliphatic carbocycles. The van der Waals surface area contributed by atoms with E-state index in [1.165, 1.54) is 0 Å². The van der Waals surface area contributed by atoms with Crippen LogP contribution in [-0.4, -0.2) is 13.1 Å². The van der Waals surface area contributed by atoms with Gasteiger partial charge in [0.25, 0.3) is 0 Å². The van der Waals surface area contributed by atoms with E-state index >= 15 is 0 Å². The maximum atomic E-state index is 13.0. The number of esters is 1. The second kappa shape index (κ2) is 5.34. The lowest BCUT2D eigenvalue weighted by molar-refractivity contribution is -0.142. The van der Waals surface area contributed by atoms with Crippen LogP contribution in [0.15, 0.2) is 18.2 Å². The molecular weight excluding hydrogens is 254 g/mol. The van der Waals surface area contributed by atoms with E-state index in [0.29, 0.717) is 18.2 Å². The van der Waals surface area contributed by atoms with Crippen molar-refractivity contribution in [3.05, 3.63) is 35.1 Å². The summed E-state index contributed by atoms with van der Waals surface area (Å²) in [4.78, 5) is 11.0. The van der Waals surface area contributed by atoms with E-state index in [2.05, 4.69) is 4.74 Å². The molecular formula is C11H11F4NO2. The van der Waals surface area contributed by atoms with Crippen LogP contribution in [0.1, 0.15) is 23.6 Å². The normalized spacial score (nSPS) is 13.2. The Kier molecular flexibility index (Phi) is 4.28. The van der Waals surface area contributed by atoms with Crippen LogP contribution in [0.2, 0.25) is 0 Å². The van der Waals surface area contributed by atoms with Crippen LogP contribution >= 0.6 is 0 Å². The van der Waals surface area contributed by atoms with Crippen molar-refractivity contribution in [2.45, 2.75) is 18.6 Å². The summed E-state index contributed by atoms with van der Waals surface area (Å²) >= 11 is 0. The molecule has 7 heteroatoms. The molecule has 0 unspecified atom stereocenters. The highest BCUT2D eigenvalue weighted by atomic mass is 19.4. The number of ether oxygens (including phenoxy) is 1. The lowest BCUT2D eigenvalue weighted by atomic mass is 9.98. The molecule has 0 spiro atoms. The van der Waals surface area contributed by atoms with Crippen molar-refractivity contribution < 1.29 is 27.1 Å². The Bertz CT molecular complexity index is 445. The van der Waals surface area contributed by atoms with Crippen molar-refractivity contribution in [3.8, 4) is 0 Å². The summed E-state index contributed by atoms with van der Waals surface area (Å²) < 4.78 is 55.3. The molecule has 0 fully saturated rings. The van der Waals surface area contributed by atoms with Gasteiger partial charge in [-0.2, -0.15) is 13.2 Å². The van der Waals surface area contributed by atoms with E-state index in [1.807, 2.05) is 0 Å². The van der Waals surface area contributed by atoms with Crippen molar-refractivity contribution >= 4 is 5.97 Å². The number of rotatable bonds is 3. The summed E-state index contributed by atoms with van der Waals surface area (Å²) in [5, 5.41) is 0. The topological polar surface area (TPSA) is 52.3 Å². The molecule has 0 saturated carbocycles. The van der Waals surface area contributed by atoms with Crippen molar-refractivity contribution in [2.24, 2.45) is 5.73 Å². The maximum Gasteiger partial charge on any atom is 0.416 e. The Morgan fingerprint density at radius 3 is 2.56 bits per heavy atom. The van der Waals surface area contributed by atoms with Gasteiger partial charge < -0.3 is 10.5 Å². The van der Waals surface area contributed by atoms with Gasteiger partial charge in [0.05, 0.1) is 19.1 Å². The predicted molar refractivity (Wildman–Crippen MR) is 55.0 cm³/mol. The fourth-order valence-corrected chi connectivity index (χ4v) is 1.47. The number of hydrogen-bond donors (Lipinski definition) is 1. The molecule has 0 amide bonds. The van der Waals surface area contributed by atoms with Gasteiger partial charge in [0.1, 0.15) is 5.82 Å². The van der Waals surface area contributed by atoms with Gasteiger partial charge >= 0.3 is 12.1 Å². The number of hydrogen-bond acceptors (Lipinski definition) is 3. The Morgan fingerprint density at radius 1 is 1.44 bits per heavy atom. The fourth-order valence-electron chi connectivity index (χ4n) is 1.47. The molecule has 3 nitrogen and oxygen atoms in total. The first-order chi connectivity index (χ1) is 8.25. The van der Waals surface area contributed by atoms with Crippen LogP contribution in [0.5, 0.6) is 0 Å². The zero-order chi connectivity index (χ0) is 13.9. The standard InChI is InChI=1S/C11H11F4NO2/c1-18-10(17)5-9(16)7-4-6(12)2-3-8(7)11(13,14)15/h2-4,9H,5,16H2,1H3/t9-/m1/s1. The number of carbonyl (C=O) groups is 1. The molecule has 18 heavy (non-hydrogen) atoms. The highest BCUT2D eigenvalue weighted by molar-refractivity contribution is 5.70. The molecule has 0 aromatic heterocycles. The van der Waals surface area contributed by atoms with Gasteiger partial charge in [-0.05, 0) is 23.8 Å². The van der Waals surface area contributed by atoms with Gasteiger partial charge in [-0.3, -0.25) is 4.79 Å². The first-order valence-electron chi connectivity index (χ1n) is 4.94. The number of halogens is 4. The van der Waals surface area contributed by atoms with Gasteiger partial charge in [0, 0.05) is 6.04 Å². The quantitative estimate of drug-likeness (QED) is 0.674. The average molecular weight is 265 g/mol. The molecule has 0 bridgehead atoms. The molecule has 0 aliphatic heterocycles. The monoisotopic (exact) mass is 265 g/mol. The number of alkyl halides is 3. The third kappa shape index (κ3) is 3.43. The van der Waals surface area contributed by atoms with Crippen molar-refractivity contribution in [3.63, 3.8) is 0 Å². The van der Waals surface area contributed by atoms with Crippen molar-refractivity contribution in [1.82, 2.24) is 0 Å². The molecule has 0 heterocycles. The van der Waals surface area contributed by atoms with Gasteiger partial charge in [0.15, 0.2) is 0 Å². The molecule has 1 aromatic rings. The first kappa shape index (κ1) is 14.4. The zero-order valence-corrected chi connectivity index (χ0v) is 9.42. The molecule has 1 atom stereocenters. The summed E-state index contributed by atoms with van der Waals surface area (Å²) in [5.41, 5.74) is 3.95. The second-order valence-electron chi connectivity index (χ2n) is 3.62. The van der Waals surface area contributed by atoms with Gasteiger partial charge in [-0.25, -0.2) is 4.39 Å². The first-order valence-corrected chi connectivity index (χ1v) is 4.94. The summed E-state index contributed by atoms with van der Waals surface area (Å²) in [6.07, 6.45) is -5.11.